The molecule has 0 spiro atoms. The number of anilines is 1. The molecule has 4 aromatic rings. The third kappa shape index (κ3) is 5.70. The number of hydrogen-bond donors (Lipinski definition) is 1. The molecule has 0 unspecified atom stereocenters. The molecule has 0 atom stereocenters. The summed E-state index contributed by atoms with van der Waals surface area (Å²) in [5, 5.41) is 4.24. The summed E-state index contributed by atoms with van der Waals surface area (Å²) in [4.78, 5) is 38.5. The number of thioether (sulfide) groups is 1. The van der Waals surface area contributed by atoms with Crippen LogP contribution in [-0.4, -0.2) is 28.5 Å². The van der Waals surface area contributed by atoms with E-state index in [1.54, 1.807) is 30.3 Å². The Kier molecular flexibility index (Phi) is 7.00. The Morgan fingerprint density at radius 3 is 2.51 bits per heavy atom. The maximum atomic E-state index is 13.3. The Bertz CT molecular complexity index is 1530. The first-order valence-electron chi connectivity index (χ1n) is 11.5. The van der Waals surface area contributed by atoms with Gasteiger partial charge in [-0.1, -0.05) is 60.7 Å². The van der Waals surface area contributed by atoms with Crippen LogP contribution in [0.4, 0.5) is 14.9 Å². The molecule has 37 heavy (non-hydrogen) atoms. The summed E-state index contributed by atoms with van der Waals surface area (Å²) in [6.07, 6.45) is 1.60. The quantitative estimate of drug-likeness (QED) is 0.297. The second-order valence-corrected chi connectivity index (χ2v) is 9.32. The van der Waals surface area contributed by atoms with E-state index >= 15 is 0 Å². The molecule has 1 saturated heterocycles. The van der Waals surface area contributed by atoms with Gasteiger partial charge in [0.2, 0.25) is 5.91 Å². The standard InChI is InChI=1S/C29H21FN2O4S/c30-22-8-4-9-23(16-22)31-27(33)17-32-28(34)26(37-29(32)35)15-19-11-13-24(14-12-19)36-18-21-7-3-6-20-5-1-2-10-25(20)21/h1-16H,17-18H2,(H,31,33)/b26-15+. The van der Waals surface area contributed by atoms with Crippen molar-refractivity contribution in [2.24, 2.45) is 0 Å². The highest BCUT2D eigenvalue weighted by atomic mass is 32.2. The molecule has 184 valence electrons. The molecule has 1 aliphatic heterocycles. The minimum absolute atomic E-state index is 0.216. The van der Waals surface area contributed by atoms with Crippen LogP contribution >= 0.6 is 11.8 Å². The van der Waals surface area contributed by atoms with Crippen molar-refractivity contribution in [3.8, 4) is 5.75 Å². The van der Waals surface area contributed by atoms with Crippen molar-refractivity contribution in [2.75, 3.05) is 11.9 Å². The van der Waals surface area contributed by atoms with Crippen LogP contribution < -0.4 is 10.1 Å². The minimum atomic E-state index is -0.596. The monoisotopic (exact) mass is 512 g/mol. The van der Waals surface area contributed by atoms with E-state index in [2.05, 4.69) is 23.5 Å². The molecule has 3 amide bonds. The molecule has 8 heteroatoms. The van der Waals surface area contributed by atoms with Gasteiger partial charge in [0, 0.05) is 5.69 Å². The van der Waals surface area contributed by atoms with Crippen molar-refractivity contribution >= 4 is 51.4 Å². The van der Waals surface area contributed by atoms with E-state index in [0.29, 0.717) is 17.9 Å². The number of imide groups is 1. The highest BCUT2D eigenvalue weighted by Crippen LogP contribution is 2.32. The molecule has 1 heterocycles. The number of hydrogen-bond acceptors (Lipinski definition) is 5. The maximum Gasteiger partial charge on any atom is 0.294 e. The zero-order valence-corrected chi connectivity index (χ0v) is 20.3. The minimum Gasteiger partial charge on any atom is -0.489 e. The largest absolute Gasteiger partial charge is 0.489 e. The number of nitrogens with one attached hydrogen (secondary N) is 1. The summed E-state index contributed by atoms with van der Waals surface area (Å²) in [5.41, 5.74) is 2.04. The fourth-order valence-electron chi connectivity index (χ4n) is 3.94. The molecule has 1 fully saturated rings. The van der Waals surface area contributed by atoms with Gasteiger partial charge in [-0.3, -0.25) is 19.3 Å². The predicted molar refractivity (Wildman–Crippen MR) is 142 cm³/mol. The summed E-state index contributed by atoms with van der Waals surface area (Å²) in [5.74, 6) is -0.980. The number of rotatable bonds is 7. The van der Waals surface area contributed by atoms with E-state index in [0.717, 1.165) is 39.1 Å². The van der Waals surface area contributed by atoms with Gasteiger partial charge in [0.1, 0.15) is 24.7 Å². The van der Waals surface area contributed by atoms with Crippen molar-refractivity contribution in [2.45, 2.75) is 6.61 Å². The Morgan fingerprint density at radius 2 is 1.70 bits per heavy atom. The molecule has 1 N–H and O–H groups in total. The van der Waals surface area contributed by atoms with Gasteiger partial charge in [0.15, 0.2) is 0 Å². The van der Waals surface area contributed by atoms with Gasteiger partial charge in [-0.25, -0.2) is 4.39 Å². The molecule has 0 aliphatic carbocycles. The summed E-state index contributed by atoms with van der Waals surface area (Å²) in [6, 6.07) is 26.8. The lowest BCUT2D eigenvalue weighted by Gasteiger charge is -2.12. The number of amides is 3. The van der Waals surface area contributed by atoms with Crippen LogP contribution in [0.25, 0.3) is 16.8 Å². The molecular formula is C29H21FN2O4S. The molecule has 4 aromatic carbocycles. The van der Waals surface area contributed by atoms with Crippen molar-refractivity contribution in [1.82, 2.24) is 4.90 Å². The van der Waals surface area contributed by atoms with Crippen LogP contribution in [0.1, 0.15) is 11.1 Å². The number of halogens is 1. The Hall–Kier alpha value is -4.43. The van der Waals surface area contributed by atoms with Gasteiger partial charge >= 0.3 is 0 Å². The molecule has 6 nitrogen and oxygen atoms in total. The summed E-state index contributed by atoms with van der Waals surface area (Å²) in [7, 11) is 0. The molecule has 1 aliphatic rings. The second kappa shape index (κ2) is 10.7. The van der Waals surface area contributed by atoms with E-state index in [9.17, 15) is 18.8 Å². The summed E-state index contributed by atoms with van der Waals surface area (Å²) in [6.45, 7) is -0.0449. The average molecular weight is 513 g/mol. The third-order valence-electron chi connectivity index (χ3n) is 5.74. The third-order valence-corrected chi connectivity index (χ3v) is 6.64. The number of nitrogens with zero attached hydrogens (tertiary/aromatic N) is 1. The zero-order chi connectivity index (χ0) is 25.8. The van der Waals surface area contributed by atoms with Crippen LogP contribution in [0.15, 0.2) is 95.9 Å². The number of carbonyl (C=O) groups excluding carboxylic acids is 3. The lowest BCUT2D eigenvalue weighted by atomic mass is 10.1. The highest BCUT2D eigenvalue weighted by molar-refractivity contribution is 8.18. The van der Waals surface area contributed by atoms with Gasteiger partial charge in [-0.15, -0.1) is 0 Å². The summed E-state index contributed by atoms with van der Waals surface area (Å²) < 4.78 is 19.3. The van der Waals surface area contributed by atoms with Gasteiger partial charge in [0.25, 0.3) is 11.1 Å². The first-order chi connectivity index (χ1) is 18.0. The van der Waals surface area contributed by atoms with Crippen molar-refractivity contribution < 1.29 is 23.5 Å². The van der Waals surface area contributed by atoms with Crippen LogP contribution in [0.3, 0.4) is 0 Å². The smallest absolute Gasteiger partial charge is 0.294 e. The van der Waals surface area contributed by atoms with Crippen molar-refractivity contribution in [3.63, 3.8) is 0 Å². The molecule has 0 saturated carbocycles. The topological polar surface area (TPSA) is 75.7 Å². The zero-order valence-electron chi connectivity index (χ0n) is 19.5. The van der Waals surface area contributed by atoms with E-state index < -0.39 is 29.4 Å². The van der Waals surface area contributed by atoms with Crippen LogP contribution in [-0.2, 0) is 16.2 Å². The van der Waals surface area contributed by atoms with Gasteiger partial charge < -0.3 is 10.1 Å². The molecular weight excluding hydrogens is 491 g/mol. The maximum absolute atomic E-state index is 13.3. The number of ether oxygens (including phenoxy) is 1. The van der Waals surface area contributed by atoms with Gasteiger partial charge in [0.05, 0.1) is 4.91 Å². The predicted octanol–water partition coefficient (Wildman–Crippen LogP) is 6.23. The summed E-state index contributed by atoms with van der Waals surface area (Å²) >= 11 is 0.767. The Labute approximate surface area is 216 Å². The van der Waals surface area contributed by atoms with E-state index in [4.69, 9.17) is 4.74 Å². The Balaban J connectivity index is 1.21. The Morgan fingerprint density at radius 1 is 0.946 bits per heavy atom. The van der Waals surface area contributed by atoms with E-state index in [1.165, 1.54) is 18.2 Å². The van der Waals surface area contributed by atoms with Crippen LogP contribution in [0.2, 0.25) is 0 Å². The van der Waals surface area contributed by atoms with Crippen LogP contribution in [0, 0.1) is 5.82 Å². The van der Waals surface area contributed by atoms with Gasteiger partial charge in [-0.2, -0.15) is 0 Å². The molecule has 0 aromatic heterocycles. The lowest BCUT2D eigenvalue weighted by Crippen LogP contribution is -2.36. The first kappa shape index (κ1) is 24.3. The number of carbonyl (C=O) groups is 3. The molecule has 0 radical (unpaired) electrons. The highest BCUT2D eigenvalue weighted by Gasteiger charge is 2.36. The van der Waals surface area contributed by atoms with Gasteiger partial charge in [-0.05, 0) is 70.1 Å². The fraction of sp³-hybridized carbons (Fsp3) is 0.0690. The number of fused-ring (bicyclic) bond motifs is 1. The SMILES string of the molecule is O=C(CN1C(=O)S/C(=C/c2ccc(OCc3cccc4ccccc34)cc2)C1=O)Nc1cccc(F)c1. The molecule has 0 bridgehead atoms. The van der Waals surface area contributed by atoms with Crippen LogP contribution in [0.5, 0.6) is 5.75 Å². The second-order valence-electron chi connectivity index (χ2n) is 8.32. The lowest BCUT2D eigenvalue weighted by molar-refractivity contribution is -0.127. The fourth-order valence-corrected chi connectivity index (χ4v) is 4.78. The average Bonchev–Trinajstić information content (AvgIpc) is 3.15. The molecule has 5 rings (SSSR count). The first-order valence-corrected chi connectivity index (χ1v) is 12.3. The van der Waals surface area contributed by atoms with E-state index in [1.807, 2.05) is 24.3 Å². The van der Waals surface area contributed by atoms with E-state index in [-0.39, 0.29) is 10.6 Å². The normalized spacial score (nSPS) is 14.4. The number of benzene rings is 4. The van der Waals surface area contributed by atoms with Crippen molar-refractivity contribution in [1.29, 1.82) is 0 Å². The van der Waals surface area contributed by atoms with Crippen molar-refractivity contribution in [3.05, 3.63) is 113 Å².